The molecule has 2 aliphatic carbocycles. The second kappa shape index (κ2) is 9.94. The first-order valence-electron chi connectivity index (χ1n) is 14.3. The molecule has 0 aromatic carbocycles. The predicted octanol–water partition coefficient (Wildman–Crippen LogP) is 2.22. The minimum Gasteiger partial charge on any atom is -0.477 e. The van der Waals surface area contributed by atoms with Gasteiger partial charge in [-0.05, 0) is 50.5 Å². The van der Waals surface area contributed by atoms with Crippen LogP contribution in [0.15, 0.2) is 12.1 Å². The van der Waals surface area contributed by atoms with Crippen LogP contribution in [0.3, 0.4) is 0 Å². The number of rotatable bonds is 6. The third-order valence-electron chi connectivity index (χ3n) is 9.19. The first-order chi connectivity index (χ1) is 18.6. The highest BCUT2D eigenvalue weighted by molar-refractivity contribution is 5.95. The summed E-state index contributed by atoms with van der Waals surface area (Å²) in [5.74, 6) is 2.45. The van der Waals surface area contributed by atoms with Crippen LogP contribution in [0.4, 0.5) is 0 Å². The van der Waals surface area contributed by atoms with E-state index in [1.807, 2.05) is 21.9 Å². The summed E-state index contributed by atoms with van der Waals surface area (Å²) in [6.07, 6.45) is 6.61. The molecule has 1 saturated carbocycles. The zero-order valence-corrected chi connectivity index (χ0v) is 21.8. The number of fused-ring (bicyclic) bond motifs is 2. The number of amides is 2. The number of pyridine rings is 1. The highest BCUT2D eigenvalue weighted by Gasteiger charge is 2.44. The van der Waals surface area contributed by atoms with Crippen LogP contribution >= 0.6 is 0 Å². The monoisotopic (exact) mass is 520 g/mol. The molecule has 2 aromatic rings. The van der Waals surface area contributed by atoms with Crippen LogP contribution in [-0.2, 0) is 22.4 Å². The number of H-pyrrole nitrogens is 1. The zero-order chi connectivity index (χ0) is 25.6. The van der Waals surface area contributed by atoms with Crippen molar-refractivity contribution in [2.45, 2.75) is 50.9 Å². The van der Waals surface area contributed by atoms with Crippen LogP contribution in [0.5, 0.6) is 5.88 Å². The molecule has 3 saturated heterocycles. The van der Waals surface area contributed by atoms with Gasteiger partial charge in [-0.1, -0.05) is 5.21 Å². The Morgan fingerprint density at radius 2 is 1.76 bits per heavy atom. The van der Waals surface area contributed by atoms with E-state index in [0.717, 1.165) is 81.9 Å². The molecular formula is C28H36N6O4. The maximum Gasteiger partial charge on any atom is 0.254 e. The average Bonchev–Trinajstić information content (AvgIpc) is 3.37. The van der Waals surface area contributed by atoms with Gasteiger partial charge in [0.1, 0.15) is 0 Å². The molecule has 2 aromatic heterocycles. The first kappa shape index (κ1) is 24.1. The molecule has 1 N–H and O–H groups in total. The number of aromatic amines is 1. The van der Waals surface area contributed by atoms with Crippen LogP contribution in [0.25, 0.3) is 0 Å². The van der Waals surface area contributed by atoms with E-state index in [9.17, 15) is 9.59 Å². The summed E-state index contributed by atoms with van der Waals surface area (Å²) < 4.78 is 11.6. The van der Waals surface area contributed by atoms with Gasteiger partial charge in [0, 0.05) is 86.8 Å². The molecule has 0 unspecified atom stereocenters. The van der Waals surface area contributed by atoms with Crippen LogP contribution < -0.4 is 4.74 Å². The number of nitrogens with zero attached hydrogens (tertiary/aromatic N) is 5. The third kappa shape index (κ3) is 4.79. The Morgan fingerprint density at radius 1 is 1.00 bits per heavy atom. The molecular weight excluding hydrogens is 484 g/mol. The zero-order valence-electron chi connectivity index (χ0n) is 21.8. The number of carbonyl (C=O) groups is 2. The van der Waals surface area contributed by atoms with E-state index in [0.29, 0.717) is 61.2 Å². The van der Waals surface area contributed by atoms with Gasteiger partial charge in [0.05, 0.1) is 18.0 Å². The van der Waals surface area contributed by atoms with Crippen molar-refractivity contribution in [3.05, 3.63) is 34.8 Å². The molecule has 5 heterocycles. The van der Waals surface area contributed by atoms with Crippen molar-refractivity contribution in [2.75, 3.05) is 46.0 Å². The lowest BCUT2D eigenvalue weighted by Crippen LogP contribution is -2.40. The first-order valence-corrected chi connectivity index (χ1v) is 14.3. The molecule has 0 bridgehead atoms. The maximum absolute atomic E-state index is 13.6. The molecule has 7 rings (SSSR count). The van der Waals surface area contributed by atoms with Gasteiger partial charge in [0.25, 0.3) is 5.91 Å². The Hall–Kier alpha value is -3.01. The van der Waals surface area contributed by atoms with Crippen molar-refractivity contribution in [3.63, 3.8) is 0 Å². The Morgan fingerprint density at radius 3 is 2.53 bits per heavy atom. The van der Waals surface area contributed by atoms with Gasteiger partial charge < -0.3 is 19.3 Å². The lowest BCUT2D eigenvalue weighted by atomic mass is 9.89. The molecule has 3 atom stereocenters. The molecule has 10 heteroatoms. The second-order valence-electron chi connectivity index (χ2n) is 11.9. The van der Waals surface area contributed by atoms with Crippen LogP contribution in [0.2, 0.25) is 0 Å². The number of aromatic nitrogens is 4. The fourth-order valence-corrected chi connectivity index (χ4v) is 6.71. The molecule has 10 nitrogen and oxygen atoms in total. The van der Waals surface area contributed by atoms with E-state index >= 15 is 0 Å². The number of aryl methyl sites for hydroxylation is 1. The summed E-state index contributed by atoms with van der Waals surface area (Å²) in [6.45, 7) is 5.06. The average molecular weight is 521 g/mol. The van der Waals surface area contributed by atoms with Crippen LogP contribution in [0, 0.1) is 23.7 Å². The summed E-state index contributed by atoms with van der Waals surface area (Å²) >= 11 is 0. The number of nitrogens with one attached hydrogen (secondary N) is 1. The summed E-state index contributed by atoms with van der Waals surface area (Å²) in [5.41, 5.74) is 3.67. The van der Waals surface area contributed by atoms with E-state index in [4.69, 9.17) is 14.5 Å². The molecule has 0 radical (unpaired) electrons. The lowest BCUT2D eigenvalue weighted by Gasteiger charge is -2.27. The second-order valence-corrected chi connectivity index (χ2v) is 11.9. The van der Waals surface area contributed by atoms with Crippen molar-refractivity contribution in [1.29, 1.82) is 0 Å². The standard InChI is InChI=1S/C28H36N6O4/c35-27(19-3-4-23-25(9-19)31-32-30-23)33-12-21-14-34(15-22(21)13-33)28(36)20-10-24(18-1-2-18)29-26(11-20)38-16-17-5-7-37-8-6-17/h10-11,17-19,21-22H,1-9,12-16H2,(H,30,31,32)/t19-,21+,22+/m1/s1. The summed E-state index contributed by atoms with van der Waals surface area (Å²) in [5, 5.41) is 11.0. The number of likely N-dealkylation sites (tertiary alicyclic amines) is 2. The fraction of sp³-hybridized carbons (Fsp3) is 0.679. The molecule has 3 aliphatic heterocycles. The van der Waals surface area contributed by atoms with Gasteiger partial charge in [-0.2, -0.15) is 0 Å². The Balaban J connectivity index is 0.980. The van der Waals surface area contributed by atoms with Gasteiger partial charge in [0.15, 0.2) is 0 Å². The molecule has 0 spiro atoms. The summed E-state index contributed by atoms with van der Waals surface area (Å²) in [4.78, 5) is 35.7. The van der Waals surface area contributed by atoms with Crippen LogP contribution in [-0.4, -0.2) is 88.0 Å². The fourth-order valence-electron chi connectivity index (χ4n) is 6.71. The largest absolute Gasteiger partial charge is 0.477 e. The number of hydrogen-bond acceptors (Lipinski definition) is 7. The van der Waals surface area contributed by atoms with E-state index in [2.05, 4.69) is 15.4 Å². The van der Waals surface area contributed by atoms with Crippen molar-refractivity contribution in [3.8, 4) is 5.88 Å². The molecule has 5 aliphatic rings. The molecule has 202 valence electrons. The van der Waals surface area contributed by atoms with Gasteiger partial charge >= 0.3 is 0 Å². The highest BCUT2D eigenvalue weighted by Crippen LogP contribution is 2.40. The van der Waals surface area contributed by atoms with Crippen molar-refractivity contribution >= 4 is 11.8 Å². The summed E-state index contributed by atoms with van der Waals surface area (Å²) in [6, 6.07) is 3.81. The quantitative estimate of drug-likeness (QED) is 0.621. The smallest absolute Gasteiger partial charge is 0.254 e. The molecule has 4 fully saturated rings. The number of ether oxygens (including phenoxy) is 2. The van der Waals surface area contributed by atoms with Crippen molar-refractivity contribution in [2.24, 2.45) is 23.7 Å². The predicted molar refractivity (Wildman–Crippen MR) is 137 cm³/mol. The third-order valence-corrected chi connectivity index (χ3v) is 9.19. The van der Waals surface area contributed by atoms with Gasteiger partial charge in [-0.15, -0.1) is 5.10 Å². The van der Waals surface area contributed by atoms with Crippen molar-refractivity contribution < 1.29 is 19.1 Å². The number of carbonyl (C=O) groups excluding carboxylic acids is 2. The lowest BCUT2D eigenvalue weighted by molar-refractivity contribution is -0.135. The topological polar surface area (TPSA) is 114 Å². The van der Waals surface area contributed by atoms with E-state index in [-0.39, 0.29) is 17.7 Å². The Labute approximate surface area is 222 Å². The van der Waals surface area contributed by atoms with Gasteiger partial charge in [0.2, 0.25) is 11.8 Å². The SMILES string of the molecule is O=C(c1cc(OCC2CCOCC2)nc(C2CC2)c1)N1C[C@@H]2CN(C(=O)[C@@H]3CCc4[nH]nnc4C3)C[C@H]2C1. The van der Waals surface area contributed by atoms with E-state index in [1.54, 1.807) is 0 Å². The van der Waals surface area contributed by atoms with Crippen molar-refractivity contribution in [1.82, 2.24) is 30.2 Å². The Kier molecular flexibility index (Phi) is 6.30. The minimum absolute atomic E-state index is 0.0126. The number of hydrogen-bond donors (Lipinski definition) is 1. The minimum atomic E-state index is -0.0126. The maximum atomic E-state index is 13.6. The highest BCUT2D eigenvalue weighted by atomic mass is 16.5. The van der Waals surface area contributed by atoms with Gasteiger partial charge in [-0.25, -0.2) is 4.98 Å². The van der Waals surface area contributed by atoms with Crippen LogP contribution in [0.1, 0.15) is 65.5 Å². The van der Waals surface area contributed by atoms with E-state index in [1.165, 1.54) is 0 Å². The molecule has 38 heavy (non-hydrogen) atoms. The molecule has 2 amide bonds. The Bertz CT molecular complexity index is 1190. The van der Waals surface area contributed by atoms with Gasteiger partial charge in [-0.3, -0.25) is 14.7 Å². The van der Waals surface area contributed by atoms with E-state index < -0.39 is 0 Å². The normalized spacial score (nSPS) is 27.3. The summed E-state index contributed by atoms with van der Waals surface area (Å²) in [7, 11) is 0.